The van der Waals surface area contributed by atoms with Crippen molar-refractivity contribution in [2.75, 3.05) is 5.75 Å². The van der Waals surface area contributed by atoms with E-state index in [0.717, 1.165) is 17.7 Å². The summed E-state index contributed by atoms with van der Waals surface area (Å²) in [6, 6.07) is 11.3. The lowest BCUT2D eigenvalue weighted by molar-refractivity contribution is -0.116. The van der Waals surface area contributed by atoms with Gasteiger partial charge in [-0.05, 0) is 17.7 Å². The Morgan fingerprint density at radius 3 is 2.56 bits per heavy atom. The molecule has 1 aliphatic heterocycles. The number of amidine groups is 1. The summed E-state index contributed by atoms with van der Waals surface area (Å²) in [6.45, 7) is 0.0622. The predicted molar refractivity (Wildman–Crippen MR) is 92.8 cm³/mol. The minimum atomic E-state index is -0.825. The molecule has 2 aromatic rings. The number of benzene rings is 2. The number of ether oxygens (including phenoxy) is 1. The molecule has 1 saturated heterocycles. The third-order valence-corrected chi connectivity index (χ3v) is 4.05. The summed E-state index contributed by atoms with van der Waals surface area (Å²) in [5.74, 6) is -1.96. The molecular formula is C17H13F2N3O2S. The fourth-order valence-corrected chi connectivity index (χ4v) is 2.68. The van der Waals surface area contributed by atoms with Crippen LogP contribution >= 0.6 is 11.8 Å². The second kappa shape index (κ2) is 7.89. The van der Waals surface area contributed by atoms with Crippen molar-refractivity contribution in [3.63, 3.8) is 0 Å². The second-order valence-corrected chi connectivity index (χ2v) is 6.04. The Bertz CT molecular complexity index is 818. The number of hydrogen-bond acceptors (Lipinski definition) is 5. The molecule has 0 aliphatic carbocycles. The quantitative estimate of drug-likeness (QED) is 0.658. The largest absolute Gasteiger partial charge is 0.483 e. The Morgan fingerprint density at radius 1 is 1.20 bits per heavy atom. The second-order valence-electron chi connectivity index (χ2n) is 5.07. The molecule has 3 rings (SSSR count). The number of nitrogens with one attached hydrogen (secondary N) is 1. The number of thioether (sulfide) groups is 1. The molecule has 1 amide bonds. The average Bonchev–Trinajstić information content (AvgIpc) is 3.00. The maximum Gasteiger partial charge on any atom is 0.236 e. The van der Waals surface area contributed by atoms with Crippen molar-refractivity contribution in [1.82, 2.24) is 5.32 Å². The standard InChI is InChI=1S/C17H13F2N3O2S/c18-13-6-12(8-20-22-17-21-15(23)10-25-17)7-14(19)16(13)24-9-11-4-2-1-3-5-11/h1-8H,9-10H2,(H,21,22,23). The van der Waals surface area contributed by atoms with Crippen molar-refractivity contribution in [3.8, 4) is 5.75 Å². The lowest BCUT2D eigenvalue weighted by Gasteiger charge is -2.09. The summed E-state index contributed by atoms with van der Waals surface area (Å²) in [5.41, 5.74) is 1.000. The normalized spacial score (nSPS) is 15.8. The number of carbonyl (C=O) groups is 1. The van der Waals surface area contributed by atoms with E-state index in [2.05, 4.69) is 15.5 Å². The van der Waals surface area contributed by atoms with Crippen LogP contribution in [0.4, 0.5) is 8.78 Å². The summed E-state index contributed by atoms with van der Waals surface area (Å²) in [5, 5.41) is 10.3. The molecule has 0 bridgehead atoms. The molecule has 2 aromatic carbocycles. The molecule has 1 fully saturated rings. The molecule has 0 spiro atoms. The minimum absolute atomic E-state index is 0.0622. The maximum absolute atomic E-state index is 14.1. The molecule has 25 heavy (non-hydrogen) atoms. The van der Waals surface area contributed by atoms with Crippen molar-refractivity contribution in [3.05, 3.63) is 65.2 Å². The number of nitrogens with zero attached hydrogens (tertiary/aromatic N) is 2. The summed E-state index contributed by atoms with van der Waals surface area (Å²) in [6.07, 6.45) is 1.20. The van der Waals surface area contributed by atoms with Gasteiger partial charge in [-0.25, -0.2) is 8.78 Å². The van der Waals surface area contributed by atoms with E-state index >= 15 is 0 Å². The Kier molecular flexibility index (Phi) is 5.39. The van der Waals surface area contributed by atoms with Gasteiger partial charge in [0.25, 0.3) is 0 Å². The van der Waals surface area contributed by atoms with Gasteiger partial charge in [0.15, 0.2) is 22.6 Å². The monoisotopic (exact) mass is 361 g/mol. The van der Waals surface area contributed by atoms with Gasteiger partial charge in [0, 0.05) is 5.56 Å². The van der Waals surface area contributed by atoms with Crippen LogP contribution in [0.3, 0.4) is 0 Å². The van der Waals surface area contributed by atoms with Crippen LogP contribution in [-0.4, -0.2) is 23.0 Å². The first-order valence-electron chi connectivity index (χ1n) is 7.31. The Balaban J connectivity index is 1.68. The SMILES string of the molecule is O=C1CSC(=NN=Cc2cc(F)c(OCc3ccccc3)c(F)c2)N1. The van der Waals surface area contributed by atoms with E-state index in [9.17, 15) is 13.6 Å². The molecule has 1 heterocycles. The van der Waals surface area contributed by atoms with Crippen molar-refractivity contribution in [1.29, 1.82) is 0 Å². The molecule has 5 nitrogen and oxygen atoms in total. The van der Waals surface area contributed by atoms with Crippen LogP contribution in [0.5, 0.6) is 5.75 Å². The first kappa shape index (κ1) is 17.1. The number of amides is 1. The fourth-order valence-electron chi connectivity index (χ4n) is 2.05. The maximum atomic E-state index is 14.1. The molecule has 0 unspecified atom stereocenters. The van der Waals surface area contributed by atoms with Crippen LogP contribution in [0.15, 0.2) is 52.7 Å². The average molecular weight is 361 g/mol. The first-order valence-corrected chi connectivity index (χ1v) is 8.30. The third kappa shape index (κ3) is 4.63. The van der Waals surface area contributed by atoms with Gasteiger partial charge in [0.2, 0.25) is 5.91 Å². The zero-order valence-corrected chi connectivity index (χ0v) is 13.7. The third-order valence-electron chi connectivity index (χ3n) is 3.19. The van der Waals surface area contributed by atoms with E-state index in [-0.39, 0.29) is 23.8 Å². The zero-order chi connectivity index (χ0) is 17.6. The van der Waals surface area contributed by atoms with Gasteiger partial charge in [0.1, 0.15) is 6.61 Å². The Labute approximate surface area is 146 Å². The number of hydrogen-bond donors (Lipinski definition) is 1. The zero-order valence-electron chi connectivity index (χ0n) is 12.9. The highest BCUT2D eigenvalue weighted by molar-refractivity contribution is 8.15. The van der Waals surface area contributed by atoms with E-state index in [1.807, 2.05) is 18.2 Å². The predicted octanol–water partition coefficient (Wildman–Crippen LogP) is 3.10. The van der Waals surface area contributed by atoms with Crippen molar-refractivity contribution < 1.29 is 18.3 Å². The van der Waals surface area contributed by atoms with Crippen molar-refractivity contribution in [2.45, 2.75) is 6.61 Å². The van der Waals surface area contributed by atoms with Gasteiger partial charge in [-0.15, -0.1) is 5.10 Å². The lowest BCUT2D eigenvalue weighted by Crippen LogP contribution is -2.19. The number of carbonyl (C=O) groups excluding carboxylic acids is 1. The summed E-state index contributed by atoms with van der Waals surface area (Å²) >= 11 is 1.21. The highest BCUT2D eigenvalue weighted by atomic mass is 32.2. The fraction of sp³-hybridized carbons (Fsp3) is 0.118. The molecule has 0 radical (unpaired) electrons. The summed E-state index contributed by atoms with van der Waals surface area (Å²) in [7, 11) is 0. The molecule has 1 N–H and O–H groups in total. The van der Waals surface area contributed by atoms with E-state index in [0.29, 0.717) is 5.17 Å². The van der Waals surface area contributed by atoms with Crippen LogP contribution in [-0.2, 0) is 11.4 Å². The van der Waals surface area contributed by atoms with Crippen LogP contribution in [0.1, 0.15) is 11.1 Å². The van der Waals surface area contributed by atoms with Gasteiger partial charge < -0.3 is 10.1 Å². The van der Waals surface area contributed by atoms with Gasteiger partial charge in [-0.3, -0.25) is 4.79 Å². The van der Waals surface area contributed by atoms with Crippen molar-refractivity contribution >= 4 is 29.1 Å². The van der Waals surface area contributed by atoms with Crippen molar-refractivity contribution in [2.24, 2.45) is 10.2 Å². The van der Waals surface area contributed by atoms with Gasteiger partial charge >= 0.3 is 0 Å². The molecule has 8 heteroatoms. The lowest BCUT2D eigenvalue weighted by atomic mass is 10.2. The van der Waals surface area contributed by atoms with E-state index < -0.39 is 17.4 Å². The van der Waals surface area contributed by atoms with E-state index in [1.165, 1.54) is 18.0 Å². The molecule has 0 atom stereocenters. The molecule has 1 aliphatic rings. The molecular weight excluding hydrogens is 348 g/mol. The summed E-state index contributed by atoms with van der Waals surface area (Å²) < 4.78 is 33.4. The van der Waals surface area contributed by atoms with Gasteiger partial charge in [-0.2, -0.15) is 5.10 Å². The van der Waals surface area contributed by atoms with Gasteiger partial charge in [0.05, 0.1) is 12.0 Å². The van der Waals surface area contributed by atoms with Crippen LogP contribution in [0.2, 0.25) is 0 Å². The smallest absolute Gasteiger partial charge is 0.236 e. The minimum Gasteiger partial charge on any atom is -0.483 e. The number of rotatable bonds is 5. The molecule has 0 saturated carbocycles. The first-order chi connectivity index (χ1) is 12.1. The Morgan fingerprint density at radius 2 is 1.92 bits per heavy atom. The topological polar surface area (TPSA) is 63.0 Å². The Hall–Kier alpha value is -2.74. The van der Waals surface area contributed by atoms with Crippen LogP contribution in [0, 0.1) is 11.6 Å². The van der Waals surface area contributed by atoms with E-state index in [1.54, 1.807) is 12.1 Å². The van der Waals surface area contributed by atoms with Crippen LogP contribution < -0.4 is 10.1 Å². The van der Waals surface area contributed by atoms with Gasteiger partial charge in [-0.1, -0.05) is 42.1 Å². The molecule has 0 aromatic heterocycles. The summed E-state index contributed by atoms with van der Waals surface area (Å²) in [4.78, 5) is 11.0. The highest BCUT2D eigenvalue weighted by Gasteiger charge is 2.16. The van der Waals surface area contributed by atoms with E-state index in [4.69, 9.17) is 4.74 Å². The van der Waals surface area contributed by atoms with Crippen LogP contribution in [0.25, 0.3) is 0 Å². The molecule has 128 valence electrons. The highest BCUT2D eigenvalue weighted by Crippen LogP contribution is 2.24. The number of halogens is 2.